The summed E-state index contributed by atoms with van der Waals surface area (Å²) >= 11 is 1.49. The van der Waals surface area contributed by atoms with Crippen LogP contribution in [0.2, 0.25) is 0 Å². The minimum atomic E-state index is -0.274. The van der Waals surface area contributed by atoms with Crippen LogP contribution in [-0.4, -0.2) is 40.2 Å². The predicted octanol–water partition coefficient (Wildman–Crippen LogP) is 4.27. The molecule has 2 heterocycles. The molecule has 2 N–H and O–H groups in total. The molecule has 0 saturated carbocycles. The highest BCUT2D eigenvalue weighted by Crippen LogP contribution is 2.29. The molecule has 0 fully saturated rings. The van der Waals surface area contributed by atoms with Crippen LogP contribution in [0.4, 0.5) is 11.6 Å². The quantitative estimate of drug-likeness (QED) is 0.421. The minimum absolute atomic E-state index is 0.274. The number of methoxy groups -OCH3 is 1. The summed E-state index contributed by atoms with van der Waals surface area (Å²) in [6.45, 7) is 0. The summed E-state index contributed by atoms with van der Waals surface area (Å²) < 4.78 is 7.24. The Kier molecular flexibility index (Phi) is 6.13. The highest BCUT2D eigenvalue weighted by Gasteiger charge is 2.14. The van der Waals surface area contributed by atoms with Gasteiger partial charge in [0.2, 0.25) is 5.95 Å². The number of nitrogens with one attached hydrogen (secondary N) is 2. The van der Waals surface area contributed by atoms with E-state index >= 15 is 0 Å². The van der Waals surface area contributed by atoms with E-state index in [1.54, 1.807) is 31.6 Å². The van der Waals surface area contributed by atoms with Crippen LogP contribution >= 0.6 is 11.9 Å². The van der Waals surface area contributed by atoms with Gasteiger partial charge in [0.25, 0.3) is 5.91 Å². The van der Waals surface area contributed by atoms with Gasteiger partial charge < -0.3 is 10.1 Å². The van der Waals surface area contributed by atoms with E-state index in [0.29, 0.717) is 28.8 Å². The van der Waals surface area contributed by atoms with Gasteiger partial charge in [-0.3, -0.25) is 14.2 Å². The van der Waals surface area contributed by atoms with Crippen LogP contribution in [0.1, 0.15) is 10.5 Å². The summed E-state index contributed by atoms with van der Waals surface area (Å²) in [6.07, 6.45) is 3.40. The first-order valence-electron chi connectivity index (χ1n) is 9.43. The molecule has 0 saturated heterocycles. The fraction of sp³-hybridized carbons (Fsp3) is 0.0909. The van der Waals surface area contributed by atoms with Crippen molar-refractivity contribution >= 4 is 29.5 Å². The highest BCUT2D eigenvalue weighted by molar-refractivity contribution is 8.00. The van der Waals surface area contributed by atoms with Crippen LogP contribution in [0.15, 0.2) is 78.0 Å². The fourth-order valence-electron chi connectivity index (χ4n) is 2.88. The zero-order valence-corrected chi connectivity index (χ0v) is 17.8. The van der Waals surface area contributed by atoms with E-state index in [-0.39, 0.29) is 5.91 Å². The molecule has 0 aliphatic rings. The molecule has 0 aliphatic heterocycles. The number of amides is 1. The molecule has 0 spiro atoms. The summed E-state index contributed by atoms with van der Waals surface area (Å²) in [5.74, 6) is 1.04. The van der Waals surface area contributed by atoms with E-state index in [9.17, 15) is 4.79 Å². The lowest BCUT2D eigenvalue weighted by Crippen LogP contribution is -2.12. The Morgan fingerprint density at radius 2 is 1.81 bits per heavy atom. The highest BCUT2D eigenvalue weighted by atomic mass is 32.2. The smallest absolute Gasteiger partial charge is 0.273 e. The standard InChI is InChI=1S/C22H20N6O2S/c1-28(22-23-12-5-13-24-22)31-16-10-8-15(9-11-16)25-21(29)19-14-18(26-27-19)17-6-3-4-7-20(17)30-2/h3-14H,1-2H3,(H,25,29)(H,26,27). The summed E-state index contributed by atoms with van der Waals surface area (Å²) in [4.78, 5) is 22.1. The maximum Gasteiger partial charge on any atom is 0.273 e. The van der Waals surface area contributed by atoms with Crippen molar-refractivity contribution in [3.63, 3.8) is 0 Å². The van der Waals surface area contributed by atoms with Crippen molar-refractivity contribution in [3.05, 3.63) is 78.8 Å². The van der Waals surface area contributed by atoms with Gasteiger partial charge in [-0.15, -0.1) is 0 Å². The van der Waals surface area contributed by atoms with Gasteiger partial charge in [-0.1, -0.05) is 12.1 Å². The molecule has 31 heavy (non-hydrogen) atoms. The van der Waals surface area contributed by atoms with E-state index in [4.69, 9.17) is 4.74 Å². The normalized spacial score (nSPS) is 10.5. The van der Waals surface area contributed by atoms with Gasteiger partial charge in [0.05, 0.1) is 12.8 Å². The molecule has 1 amide bonds. The Labute approximate surface area is 183 Å². The Morgan fingerprint density at radius 1 is 1.06 bits per heavy atom. The Bertz CT molecular complexity index is 1160. The maximum absolute atomic E-state index is 12.6. The van der Waals surface area contributed by atoms with Gasteiger partial charge in [0.1, 0.15) is 11.4 Å². The second kappa shape index (κ2) is 9.31. The molecular weight excluding hydrogens is 412 g/mol. The molecule has 0 aliphatic carbocycles. The number of ether oxygens (including phenoxy) is 1. The number of aromatic nitrogens is 4. The number of hydrogen-bond acceptors (Lipinski definition) is 7. The first-order valence-corrected chi connectivity index (χ1v) is 10.2. The third kappa shape index (κ3) is 4.84. The number of nitrogens with zero attached hydrogens (tertiary/aromatic N) is 4. The van der Waals surface area contributed by atoms with Crippen LogP contribution in [0.25, 0.3) is 11.3 Å². The number of rotatable bonds is 7. The van der Waals surface area contributed by atoms with E-state index < -0.39 is 0 Å². The van der Waals surface area contributed by atoms with Crippen LogP contribution in [0.3, 0.4) is 0 Å². The fourth-order valence-corrected chi connectivity index (χ4v) is 3.63. The second-order valence-electron chi connectivity index (χ2n) is 6.48. The van der Waals surface area contributed by atoms with Crippen LogP contribution in [-0.2, 0) is 0 Å². The first-order chi connectivity index (χ1) is 15.1. The molecule has 4 aromatic rings. The first kappa shape index (κ1) is 20.4. The number of hydrogen-bond donors (Lipinski definition) is 2. The molecule has 0 unspecified atom stereocenters. The number of H-pyrrole nitrogens is 1. The molecule has 0 radical (unpaired) electrons. The van der Waals surface area contributed by atoms with Crippen molar-refractivity contribution in [2.75, 3.05) is 23.8 Å². The largest absolute Gasteiger partial charge is 0.496 e. The van der Waals surface area contributed by atoms with Gasteiger partial charge in [-0.05, 0) is 60.5 Å². The average molecular weight is 433 g/mol. The lowest BCUT2D eigenvalue weighted by molar-refractivity contribution is 0.102. The van der Waals surface area contributed by atoms with Crippen molar-refractivity contribution in [2.45, 2.75) is 4.90 Å². The third-order valence-electron chi connectivity index (χ3n) is 4.39. The van der Waals surface area contributed by atoms with E-state index in [0.717, 1.165) is 10.5 Å². The molecule has 9 heteroatoms. The summed E-state index contributed by atoms with van der Waals surface area (Å²) in [5.41, 5.74) is 2.50. The third-order valence-corrected chi connectivity index (χ3v) is 5.31. The molecule has 0 bridgehead atoms. The topological polar surface area (TPSA) is 96.0 Å². The summed E-state index contributed by atoms with van der Waals surface area (Å²) in [5, 5.41) is 9.91. The van der Waals surface area contributed by atoms with Crippen LogP contribution in [0, 0.1) is 0 Å². The van der Waals surface area contributed by atoms with Crippen LogP contribution in [0.5, 0.6) is 5.75 Å². The lowest BCUT2D eigenvalue weighted by Gasteiger charge is -2.15. The van der Waals surface area contributed by atoms with Crippen molar-refractivity contribution in [1.82, 2.24) is 20.2 Å². The predicted molar refractivity (Wildman–Crippen MR) is 121 cm³/mol. The SMILES string of the molecule is COc1ccccc1-c1cc(C(=O)Nc2ccc(SN(C)c3ncccn3)cc2)[nH]n1. The minimum Gasteiger partial charge on any atom is -0.496 e. The second-order valence-corrected chi connectivity index (χ2v) is 7.68. The van der Waals surface area contributed by atoms with Gasteiger partial charge in [-0.25, -0.2) is 9.97 Å². The monoisotopic (exact) mass is 432 g/mol. The number of carbonyl (C=O) groups excluding carboxylic acids is 1. The van der Waals surface area contributed by atoms with Crippen molar-refractivity contribution in [3.8, 4) is 17.0 Å². The zero-order chi connectivity index (χ0) is 21.6. The Hall–Kier alpha value is -3.85. The zero-order valence-electron chi connectivity index (χ0n) is 16.9. The number of aromatic amines is 1. The van der Waals surface area contributed by atoms with Crippen molar-refractivity contribution in [1.29, 1.82) is 0 Å². The lowest BCUT2D eigenvalue weighted by atomic mass is 10.1. The van der Waals surface area contributed by atoms with Crippen LogP contribution < -0.4 is 14.4 Å². The van der Waals surface area contributed by atoms with Gasteiger partial charge >= 0.3 is 0 Å². The maximum atomic E-state index is 12.6. The molecule has 2 aromatic heterocycles. The average Bonchev–Trinajstić information content (AvgIpc) is 3.31. The van der Waals surface area contributed by atoms with E-state index in [1.165, 1.54) is 11.9 Å². The molecule has 8 nitrogen and oxygen atoms in total. The molecule has 4 rings (SSSR count). The van der Waals surface area contributed by atoms with Gasteiger partial charge in [0.15, 0.2) is 0 Å². The molecule has 2 aromatic carbocycles. The number of benzene rings is 2. The molecule has 0 atom stereocenters. The Morgan fingerprint density at radius 3 is 2.55 bits per heavy atom. The van der Waals surface area contributed by atoms with Gasteiger partial charge in [0, 0.05) is 35.6 Å². The number of para-hydroxylation sites is 1. The van der Waals surface area contributed by atoms with E-state index in [2.05, 4.69) is 25.5 Å². The number of carbonyl (C=O) groups is 1. The summed E-state index contributed by atoms with van der Waals surface area (Å²) in [6, 6.07) is 18.5. The van der Waals surface area contributed by atoms with Gasteiger partial charge in [-0.2, -0.15) is 5.10 Å². The van der Waals surface area contributed by atoms with Crippen molar-refractivity contribution < 1.29 is 9.53 Å². The molecular formula is C22H20N6O2S. The Balaban J connectivity index is 1.41. The summed E-state index contributed by atoms with van der Waals surface area (Å²) in [7, 11) is 3.50. The number of anilines is 2. The molecule has 156 valence electrons. The van der Waals surface area contributed by atoms with E-state index in [1.807, 2.05) is 59.9 Å². The van der Waals surface area contributed by atoms with Crippen molar-refractivity contribution in [2.24, 2.45) is 0 Å².